The Balaban J connectivity index is 1.92. The smallest absolute Gasteiger partial charge is 0.340 e. The number of aromatic amines is 1. The molecule has 1 amide bonds. The van der Waals surface area contributed by atoms with Crippen molar-refractivity contribution in [3.8, 4) is 0 Å². The number of benzene rings is 1. The van der Waals surface area contributed by atoms with E-state index in [0.29, 0.717) is 16.8 Å². The van der Waals surface area contributed by atoms with Gasteiger partial charge in [0.25, 0.3) is 0 Å². The second-order valence-electron chi connectivity index (χ2n) is 6.78. The lowest BCUT2D eigenvalue weighted by Crippen LogP contribution is -2.35. The molecule has 0 saturated carbocycles. The number of aromatic nitrogens is 1. The number of aryl methyl sites for hydroxylation is 1. The summed E-state index contributed by atoms with van der Waals surface area (Å²) in [7, 11) is 0. The van der Waals surface area contributed by atoms with Crippen LogP contribution in [0.1, 0.15) is 51.5 Å². The zero-order chi connectivity index (χ0) is 22.3. The Morgan fingerprint density at radius 1 is 1.10 bits per heavy atom. The lowest BCUT2D eigenvalue weighted by atomic mass is 10.1. The summed E-state index contributed by atoms with van der Waals surface area (Å²) in [6.07, 6.45) is -0.949. The first-order chi connectivity index (χ1) is 14.2. The van der Waals surface area contributed by atoms with Crippen LogP contribution in [0, 0.1) is 13.8 Å². The molecule has 1 atom stereocenters. The molecule has 1 aromatic heterocycles. The molecule has 1 aromatic carbocycles. The van der Waals surface area contributed by atoms with E-state index in [4.69, 9.17) is 9.47 Å². The van der Waals surface area contributed by atoms with Crippen LogP contribution in [0.4, 0.5) is 0 Å². The number of nitrogens with one attached hydrogen (secondary N) is 2. The van der Waals surface area contributed by atoms with Gasteiger partial charge in [-0.1, -0.05) is 30.3 Å². The maximum atomic E-state index is 12.7. The quantitative estimate of drug-likeness (QED) is 0.481. The maximum absolute atomic E-state index is 12.7. The molecule has 2 rings (SSSR count). The fourth-order valence-electron chi connectivity index (χ4n) is 3.02. The third-order valence-corrected chi connectivity index (χ3v) is 4.48. The van der Waals surface area contributed by atoms with Gasteiger partial charge in [-0.3, -0.25) is 14.4 Å². The van der Waals surface area contributed by atoms with Gasteiger partial charge in [0.1, 0.15) is 6.54 Å². The van der Waals surface area contributed by atoms with Crippen LogP contribution in [0.3, 0.4) is 0 Å². The van der Waals surface area contributed by atoms with Gasteiger partial charge in [0.2, 0.25) is 11.7 Å². The van der Waals surface area contributed by atoms with Crippen molar-refractivity contribution in [1.82, 2.24) is 10.3 Å². The van der Waals surface area contributed by atoms with E-state index in [1.54, 1.807) is 20.8 Å². The summed E-state index contributed by atoms with van der Waals surface area (Å²) in [6, 6.07) is 9.11. The molecule has 0 fully saturated rings. The highest BCUT2D eigenvalue weighted by atomic mass is 16.5. The van der Waals surface area contributed by atoms with Gasteiger partial charge >= 0.3 is 11.9 Å². The molecule has 0 aliphatic rings. The molecular weight excluding hydrogens is 388 g/mol. The van der Waals surface area contributed by atoms with Gasteiger partial charge in [-0.15, -0.1) is 0 Å². The average molecular weight is 414 g/mol. The van der Waals surface area contributed by atoms with Crippen molar-refractivity contribution in [3.63, 3.8) is 0 Å². The maximum Gasteiger partial charge on any atom is 0.340 e. The summed E-state index contributed by atoms with van der Waals surface area (Å²) in [5.41, 5.74) is 2.24. The van der Waals surface area contributed by atoms with Crippen LogP contribution in [0.5, 0.6) is 0 Å². The van der Waals surface area contributed by atoms with Crippen molar-refractivity contribution < 1.29 is 28.7 Å². The minimum absolute atomic E-state index is 0.139. The Bertz CT molecular complexity index is 933. The zero-order valence-corrected chi connectivity index (χ0v) is 17.5. The first-order valence-corrected chi connectivity index (χ1v) is 9.65. The van der Waals surface area contributed by atoms with Crippen molar-refractivity contribution in [3.05, 3.63) is 58.4 Å². The van der Waals surface area contributed by atoms with Crippen LogP contribution < -0.4 is 5.32 Å². The highest BCUT2D eigenvalue weighted by Gasteiger charge is 2.27. The molecule has 0 radical (unpaired) electrons. The van der Waals surface area contributed by atoms with Gasteiger partial charge < -0.3 is 19.8 Å². The summed E-state index contributed by atoms with van der Waals surface area (Å²) >= 11 is 0. The number of amides is 1. The number of hydrogen-bond donors (Lipinski definition) is 2. The second kappa shape index (κ2) is 10.4. The number of hydrogen-bond acceptors (Lipinski definition) is 6. The van der Waals surface area contributed by atoms with E-state index in [9.17, 15) is 19.2 Å². The first kappa shape index (κ1) is 22.9. The number of ketones is 1. The Morgan fingerprint density at radius 2 is 1.77 bits per heavy atom. The normalized spacial score (nSPS) is 11.5. The van der Waals surface area contributed by atoms with Crippen LogP contribution in [0.15, 0.2) is 30.3 Å². The number of Topliss-reactive ketones (excluding diaryl/α,β-unsaturated/α-hetero) is 1. The molecule has 0 unspecified atom stereocenters. The minimum atomic E-state index is -1.09. The summed E-state index contributed by atoms with van der Waals surface area (Å²) in [6.45, 7) is 6.29. The van der Waals surface area contributed by atoms with Crippen molar-refractivity contribution in [2.24, 2.45) is 0 Å². The standard InChI is InChI=1S/C22H26N2O6/c1-5-29-22(28)19-13(2)20(24-14(19)3)21(27)15(4)30-18(26)12-23-17(25)11-16-9-7-6-8-10-16/h6-10,15,24H,5,11-12H2,1-4H3,(H,23,25)/t15-/m1/s1. The molecule has 0 bridgehead atoms. The van der Waals surface area contributed by atoms with Crippen molar-refractivity contribution in [2.45, 2.75) is 40.2 Å². The molecule has 30 heavy (non-hydrogen) atoms. The third-order valence-electron chi connectivity index (χ3n) is 4.48. The number of esters is 2. The predicted molar refractivity (Wildman–Crippen MR) is 109 cm³/mol. The average Bonchev–Trinajstić information content (AvgIpc) is 3.00. The third kappa shape index (κ3) is 5.79. The van der Waals surface area contributed by atoms with Crippen molar-refractivity contribution in [1.29, 1.82) is 0 Å². The molecule has 0 aliphatic carbocycles. The highest BCUT2D eigenvalue weighted by Crippen LogP contribution is 2.21. The van der Waals surface area contributed by atoms with E-state index in [1.165, 1.54) is 6.92 Å². The van der Waals surface area contributed by atoms with Crippen LogP contribution in [0.25, 0.3) is 0 Å². The summed E-state index contributed by atoms with van der Waals surface area (Å²) in [4.78, 5) is 51.6. The van der Waals surface area contributed by atoms with E-state index in [1.807, 2.05) is 30.3 Å². The number of rotatable bonds is 9. The van der Waals surface area contributed by atoms with Crippen LogP contribution in [-0.4, -0.2) is 47.9 Å². The minimum Gasteiger partial charge on any atom is -0.462 e. The fourth-order valence-corrected chi connectivity index (χ4v) is 3.02. The van der Waals surface area contributed by atoms with Gasteiger partial charge in [-0.25, -0.2) is 4.79 Å². The van der Waals surface area contributed by atoms with Gasteiger partial charge in [-0.2, -0.15) is 0 Å². The molecule has 1 heterocycles. The van der Waals surface area contributed by atoms with Gasteiger partial charge in [0.15, 0.2) is 6.10 Å². The fraction of sp³-hybridized carbons (Fsp3) is 0.364. The Kier molecular flexibility index (Phi) is 7.91. The van der Waals surface area contributed by atoms with Gasteiger partial charge in [-0.05, 0) is 38.8 Å². The molecule has 160 valence electrons. The second-order valence-corrected chi connectivity index (χ2v) is 6.78. The van der Waals surface area contributed by atoms with Gasteiger partial charge in [0, 0.05) is 5.69 Å². The monoisotopic (exact) mass is 414 g/mol. The van der Waals surface area contributed by atoms with Crippen LogP contribution in [-0.2, 0) is 25.5 Å². The van der Waals surface area contributed by atoms with Crippen LogP contribution >= 0.6 is 0 Å². The topological polar surface area (TPSA) is 115 Å². The molecule has 0 saturated heterocycles. The Morgan fingerprint density at radius 3 is 2.40 bits per heavy atom. The summed E-state index contributed by atoms with van der Waals surface area (Å²) in [5.74, 6) is -2.06. The molecular formula is C22H26N2O6. The SMILES string of the molecule is CCOC(=O)c1c(C)[nH]c(C(=O)[C@@H](C)OC(=O)CNC(=O)Cc2ccccc2)c1C. The molecule has 2 aromatic rings. The highest BCUT2D eigenvalue weighted by molar-refractivity contribution is 6.04. The number of carbonyl (C=O) groups excluding carboxylic acids is 4. The number of H-pyrrole nitrogens is 1. The summed E-state index contributed by atoms with van der Waals surface area (Å²) in [5, 5.41) is 2.47. The van der Waals surface area contributed by atoms with Crippen LogP contribution in [0.2, 0.25) is 0 Å². The zero-order valence-electron chi connectivity index (χ0n) is 17.5. The molecule has 8 heteroatoms. The van der Waals surface area contributed by atoms with Gasteiger partial charge in [0.05, 0.1) is 24.3 Å². The van der Waals surface area contributed by atoms with E-state index in [2.05, 4.69) is 10.3 Å². The Labute approximate surface area is 175 Å². The first-order valence-electron chi connectivity index (χ1n) is 9.65. The largest absolute Gasteiger partial charge is 0.462 e. The van der Waals surface area contributed by atoms with Crippen molar-refractivity contribution in [2.75, 3.05) is 13.2 Å². The number of carbonyl (C=O) groups is 4. The Hall–Kier alpha value is -3.42. The number of ether oxygens (including phenoxy) is 2. The lowest BCUT2D eigenvalue weighted by Gasteiger charge is -2.13. The van der Waals surface area contributed by atoms with E-state index in [0.717, 1.165) is 5.56 Å². The van der Waals surface area contributed by atoms with E-state index in [-0.39, 0.29) is 31.2 Å². The lowest BCUT2D eigenvalue weighted by molar-refractivity contribution is -0.146. The summed E-state index contributed by atoms with van der Waals surface area (Å²) < 4.78 is 10.1. The molecule has 0 aliphatic heterocycles. The van der Waals surface area contributed by atoms with E-state index >= 15 is 0 Å². The molecule has 2 N–H and O–H groups in total. The molecule has 0 spiro atoms. The molecule has 8 nitrogen and oxygen atoms in total. The predicted octanol–water partition coefficient (Wildman–Crippen LogP) is 2.28. The van der Waals surface area contributed by atoms with Crippen molar-refractivity contribution >= 4 is 23.6 Å². The van der Waals surface area contributed by atoms with E-state index < -0.39 is 23.8 Å².